The Morgan fingerprint density at radius 1 is 0.815 bits per heavy atom. The first-order valence-corrected chi connectivity index (χ1v) is 11.4. The summed E-state index contributed by atoms with van der Waals surface area (Å²) >= 11 is 0. The fourth-order valence-electron chi connectivity index (χ4n) is 4.04. The minimum Gasteiger partial charge on any atom is -1.00 e. The van der Waals surface area contributed by atoms with Gasteiger partial charge >= 0.3 is 6.03 Å². The summed E-state index contributed by atoms with van der Waals surface area (Å²) in [5.41, 5.74) is 0. The van der Waals surface area contributed by atoms with E-state index < -0.39 is 0 Å². The van der Waals surface area contributed by atoms with E-state index in [0.717, 1.165) is 43.8 Å². The Bertz CT molecular complexity index is 367. The third-order valence-corrected chi connectivity index (χ3v) is 6.18. The monoisotopic (exact) mass is 447 g/mol. The van der Waals surface area contributed by atoms with Crippen LogP contribution in [0, 0.1) is 0 Å². The fraction of sp³-hybridized carbons (Fsp3) is 0.955. The maximum absolute atomic E-state index is 12.5. The molecular weight excluding hydrogens is 402 g/mol. The van der Waals surface area contributed by atoms with E-state index in [-0.39, 0.29) is 23.0 Å². The van der Waals surface area contributed by atoms with E-state index in [1.807, 2.05) is 4.90 Å². The lowest BCUT2D eigenvalue weighted by Crippen LogP contribution is -3.00. The summed E-state index contributed by atoms with van der Waals surface area (Å²) in [6.45, 7) is 13.4. The minimum atomic E-state index is 0. The third kappa shape index (κ3) is 10.7. The first kappa shape index (κ1) is 26.7. The summed E-state index contributed by atoms with van der Waals surface area (Å²) in [7, 11) is 2.38. The number of amides is 2. The number of nitrogens with zero attached hydrogens (tertiary/aromatic N) is 3. The van der Waals surface area contributed by atoms with Crippen LogP contribution in [-0.4, -0.2) is 73.2 Å². The second-order valence-corrected chi connectivity index (χ2v) is 8.41. The topological polar surface area (TPSA) is 23.6 Å². The van der Waals surface area contributed by atoms with Crippen molar-refractivity contribution in [3.05, 3.63) is 0 Å². The molecule has 4 nitrogen and oxygen atoms in total. The second-order valence-electron chi connectivity index (χ2n) is 8.41. The molecule has 1 aliphatic heterocycles. The van der Waals surface area contributed by atoms with Gasteiger partial charge in [0.05, 0.1) is 39.8 Å². The van der Waals surface area contributed by atoms with Gasteiger partial charge in [-0.25, -0.2) is 4.79 Å². The molecule has 0 aliphatic carbocycles. The number of halogens is 1. The Balaban J connectivity index is 0.00000676. The molecule has 27 heavy (non-hydrogen) atoms. The van der Waals surface area contributed by atoms with Crippen LogP contribution >= 0.6 is 0 Å². The zero-order valence-electron chi connectivity index (χ0n) is 18.6. The maximum atomic E-state index is 12.5. The molecule has 162 valence electrons. The summed E-state index contributed by atoms with van der Waals surface area (Å²) in [5, 5.41) is 0. The number of hydrogen-bond donors (Lipinski definition) is 0. The van der Waals surface area contributed by atoms with E-state index in [0.29, 0.717) is 0 Å². The van der Waals surface area contributed by atoms with Crippen LogP contribution in [0.2, 0.25) is 0 Å². The predicted octanol–water partition coefficient (Wildman–Crippen LogP) is 2.14. The van der Waals surface area contributed by atoms with Gasteiger partial charge in [0, 0.05) is 13.1 Å². The average molecular weight is 449 g/mol. The van der Waals surface area contributed by atoms with Gasteiger partial charge in [-0.15, -0.1) is 0 Å². The molecule has 0 N–H and O–H groups in total. The molecule has 0 bridgehead atoms. The molecule has 1 saturated heterocycles. The lowest BCUT2D eigenvalue weighted by Gasteiger charge is -2.43. The van der Waals surface area contributed by atoms with Crippen LogP contribution in [0.15, 0.2) is 0 Å². The number of carbonyl (C=O) groups is 1. The molecular formula is C22H46BrN3O. The van der Waals surface area contributed by atoms with Crippen LogP contribution in [-0.2, 0) is 0 Å². The normalized spacial score (nSPS) is 16.1. The predicted molar refractivity (Wildman–Crippen MR) is 113 cm³/mol. The van der Waals surface area contributed by atoms with Gasteiger partial charge in [0.25, 0.3) is 0 Å². The van der Waals surface area contributed by atoms with Crippen molar-refractivity contribution in [2.45, 2.75) is 85.0 Å². The van der Waals surface area contributed by atoms with Crippen molar-refractivity contribution >= 4 is 6.03 Å². The van der Waals surface area contributed by atoms with Crippen molar-refractivity contribution in [1.29, 1.82) is 0 Å². The quantitative estimate of drug-likeness (QED) is 0.313. The van der Waals surface area contributed by atoms with E-state index in [1.54, 1.807) is 0 Å². The number of quaternary nitrogens is 1. The number of hydrogen-bond acceptors (Lipinski definition) is 1. The number of urea groups is 1. The molecule has 1 aliphatic rings. The van der Waals surface area contributed by atoms with Crippen molar-refractivity contribution < 1.29 is 26.3 Å². The van der Waals surface area contributed by atoms with E-state index in [9.17, 15) is 4.79 Å². The Labute approximate surface area is 180 Å². The summed E-state index contributed by atoms with van der Waals surface area (Å²) in [5.74, 6) is 0. The summed E-state index contributed by atoms with van der Waals surface area (Å²) in [6, 6.07) is 0.236. The lowest BCUT2D eigenvalue weighted by molar-refractivity contribution is -0.913. The van der Waals surface area contributed by atoms with E-state index >= 15 is 0 Å². The van der Waals surface area contributed by atoms with Gasteiger partial charge < -0.3 is 31.3 Å². The van der Waals surface area contributed by atoms with Crippen LogP contribution in [0.4, 0.5) is 4.79 Å². The molecule has 0 saturated carbocycles. The number of likely N-dealkylation sites (N-methyl/N-ethyl adjacent to an activating group) is 1. The molecule has 0 atom stereocenters. The lowest BCUT2D eigenvalue weighted by atomic mass is 10.1. The standard InChI is InChI=1S/C22H46N3O.BrH/c1-5-8-9-10-11-12-13-14-15-16-19-25(4)20-17-24(18-21-25)22(26)23(6-2)7-3;/h5-21H2,1-4H3;1H/q+1;/p-1. The zero-order valence-corrected chi connectivity index (χ0v) is 20.2. The zero-order chi connectivity index (χ0) is 19.3. The van der Waals surface area contributed by atoms with Crippen LogP contribution in [0.1, 0.15) is 85.0 Å². The van der Waals surface area contributed by atoms with Gasteiger partial charge in [0.15, 0.2) is 0 Å². The van der Waals surface area contributed by atoms with Crippen molar-refractivity contribution in [1.82, 2.24) is 9.80 Å². The summed E-state index contributed by atoms with van der Waals surface area (Å²) in [4.78, 5) is 16.5. The van der Waals surface area contributed by atoms with E-state index in [2.05, 4.69) is 32.7 Å². The molecule has 0 aromatic rings. The van der Waals surface area contributed by atoms with Crippen LogP contribution in [0.3, 0.4) is 0 Å². The van der Waals surface area contributed by atoms with Gasteiger partial charge in [-0.2, -0.15) is 0 Å². The van der Waals surface area contributed by atoms with Crippen LogP contribution < -0.4 is 17.0 Å². The number of rotatable bonds is 13. The molecule has 2 amide bonds. The van der Waals surface area contributed by atoms with Crippen molar-refractivity contribution in [2.75, 3.05) is 52.9 Å². The molecule has 1 fully saturated rings. The van der Waals surface area contributed by atoms with Gasteiger partial charge in [-0.3, -0.25) is 0 Å². The van der Waals surface area contributed by atoms with E-state index in [1.165, 1.54) is 70.8 Å². The Kier molecular flexibility index (Phi) is 15.4. The summed E-state index contributed by atoms with van der Waals surface area (Å²) in [6.07, 6.45) is 14.0. The molecule has 0 aromatic heterocycles. The highest BCUT2D eigenvalue weighted by atomic mass is 79.9. The molecule has 0 unspecified atom stereocenters. The minimum absolute atomic E-state index is 0. The smallest absolute Gasteiger partial charge is 0.320 e. The van der Waals surface area contributed by atoms with Gasteiger partial charge in [-0.1, -0.05) is 58.3 Å². The Hall–Kier alpha value is -0.290. The van der Waals surface area contributed by atoms with Crippen molar-refractivity contribution in [3.8, 4) is 0 Å². The van der Waals surface area contributed by atoms with Crippen LogP contribution in [0.5, 0.6) is 0 Å². The highest BCUT2D eigenvalue weighted by Crippen LogP contribution is 2.15. The first-order valence-electron chi connectivity index (χ1n) is 11.4. The fourth-order valence-corrected chi connectivity index (χ4v) is 4.04. The number of piperazine rings is 1. The number of unbranched alkanes of at least 4 members (excludes halogenated alkanes) is 9. The maximum Gasteiger partial charge on any atom is 0.320 e. The average Bonchev–Trinajstić information content (AvgIpc) is 2.65. The highest BCUT2D eigenvalue weighted by molar-refractivity contribution is 5.74. The molecule has 5 heteroatoms. The summed E-state index contributed by atoms with van der Waals surface area (Å²) < 4.78 is 1.15. The van der Waals surface area contributed by atoms with Gasteiger partial charge in [0.1, 0.15) is 0 Å². The Morgan fingerprint density at radius 3 is 1.70 bits per heavy atom. The molecule has 0 spiro atoms. The SMILES string of the molecule is CCCCCCCCCCCC[N+]1(C)CCN(C(=O)N(CC)CC)CC1.[Br-]. The molecule has 0 radical (unpaired) electrons. The number of carbonyl (C=O) groups excluding carboxylic acids is 1. The van der Waals surface area contributed by atoms with Crippen molar-refractivity contribution in [3.63, 3.8) is 0 Å². The highest BCUT2D eigenvalue weighted by Gasteiger charge is 2.31. The Morgan fingerprint density at radius 2 is 1.26 bits per heavy atom. The molecule has 1 rings (SSSR count). The molecule has 0 aromatic carbocycles. The largest absolute Gasteiger partial charge is 1.00 e. The van der Waals surface area contributed by atoms with Gasteiger partial charge in [-0.05, 0) is 26.7 Å². The third-order valence-electron chi connectivity index (χ3n) is 6.18. The second kappa shape index (κ2) is 15.6. The first-order chi connectivity index (χ1) is 12.6. The van der Waals surface area contributed by atoms with Gasteiger partial charge in [0.2, 0.25) is 0 Å². The molecule has 1 heterocycles. The van der Waals surface area contributed by atoms with Crippen LogP contribution in [0.25, 0.3) is 0 Å². The van der Waals surface area contributed by atoms with E-state index in [4.69, 9.17) is 0 Å². The van der Waals surface area contributed by atoms with Crippen molar-refractivity contribution in [2.24, 2.45) is 0 Å².